The fraction of sp³-hybridized carbons (Fsp3) is 0.429. The first kappa shape index (κ1) is 9.91. The number of hydrogen-bond donors (Lipinski definition) is 1. The lowest BCUT2D eigenvalue weighted by Crippen LogP contribution is -2.21. The molecule has 2 nitrogen and oxygen atoms in total. The van der Waals surface area contributed by atoms with Crippen LogP contribution in [0.1, 0.15) is 30.7 Å². The number of para-hydroxylation sites is 1. The SMILES string of the molecule is OC(C1=CCCC1)C1COc2ccccc21. The van der Waals surface area contributed by atoms with E-state index in [0.717, 1.165) is 24.2 Å². The number of allylic oxidation sites excluding steroid dienone is 1. The predicted molar refractivity (Wildman–Crippen MR) is 62.6 cm³/mol. The second kappa shape index (κ2) is 3.95. The van der Waals surface area contributed by atoms with Crippen molar-refractivity contribution in [2.45, 2.75) is 31.3 Å². The van der Waals surface area contributed by atoms with Gasteiger partial charge in [0.05, 0.1) is 18.6 Å². The molecule has 1 aromatic rings. The summed E-state index contributed by atoms with van der Waals surface area (Å²) in [6.07, 6.45) is 5.17. The number of fused-ring (bicyclic) bond motifs is 1. The first-order chi connectivity index (χ1) is 7.86. The van der Waals surface area contributed by atoms with Crippen LogP contribution in [0.15, 0.2) is 35.9 Å². The third-order valence-electron chi connectivity index (χ3n) is 3.57. The van der Waals surface area contributed by atoms with E-state index >= 15 is 0 Å². The molecule has 2 aliphatic rings. The molecule has 0 saturated heterocycles. The first-order valence-corrected chi connectivity index (χ1v) is 5.95. The van der Waals surface area contributed by atoms with Crippen molar-refractivity contribution in [2.24, 2.45) is 0 Å². The quantitative estimate of drug-likeness (QED) is 0.770. The lowest BCUT2D eigenvalue weighted by Gasteiger charge is -2.18. The first-order valence-electron chi connectivity index (χ1n) is 5.95. The Bertz CT molecular complexity index is 422. The van der Waals surface area contributed by atoms with Gasteiger partial charge in [0.15, 0.2) is 0 Å². The van der Waals surface area contributed by atoms with E-state index in [2.05, 4.69) is 12.1 Å². The zero-order chi connectivity index (χ0) is 11.0. The van der Waals surface area contributed by atoms with Crippen molar-refractivity contribution in [1.82, 2.24) is 0 Å². The molecule has 1 aliphatic heterocycles. The van der Waals surface area contributed by atoms with Crippen molar-refractivity contribution in [1.29, 1.82) is 0 Å². The average Bonchev–Trinajstić information content (AvgIpc) is 2.98. The van der Waals surface area contributed by atoms with E-state index in [9.17, 15) is 5.11 Å². The highest BCUT2D eigenvalue weighted by Gasteiger charge is 2.32. The average molecular weight is 216 g/mol. The Morgan fingerprint density at radius 2 is 2.19 bits per heavy atom. The monoisotopic (exact) mass is 216 g/mol. The summed E-state index contributed by atoms with van der Waals surface area (Å²) in [6.45, 7) is 0.609. The highest BCUT2D eigenvalue weighted by atomic mass is 16.5. The van der Waals surface area contributed by atoms with Crippen LogP contribution in [-0.2, 0) is 0 Å². The Morgan fingerprint density at radius 3 is 3.00 bits per heavy atom. The highest BCUT2D eigenvalue weighted by molar-refractivity contribution is 5.41. The highest BCUT2D eigenvalue weighted by Crippen LogP contribution is 2.39. The van der Waals surface area contributed by atoms with E-state index in [0.29, 0.717) is 6.61 Å². The van der Waals surface area contributed by atoms with Crippen LogP contribution >= 0.6 is 0 Å². The van der Waals surface area contributed by atoms with Crippen LogP contribution in [0.5, 0.6) is 5.75 Å². The summed E-state index contributed by atoms with van der Waals surface area (Å²) < 4.78 is 5.60. The molecule has 2 unspecified atom stereocenters. The van der Waals surface area contributed by atoms with Gasteiger partial charge in [0.1, 0.15) is 5.75 Å². The lowest BCUT2D eigenvalue weighted by atomic mass is 9.90. The van der Waals surface area contributed by atoms with Crippen LogP contribution in [0.25, 0.3) is 0 Å². The second-order valence-electron chi connectivity index (χ2n) is 4.57. The Labute approximate surface area is 95.6 Å². The third-order valence-corrected chi connectivity index (χ3v) is 3.57. The Balaban J connectivity index is 1.87. The molecule has 0 spiro atoms. The maximum atomic E-state index is 10.3. The van der Waals surface area contributed by atoms with Gasteiger partial charge in [0, 0.05) is 5.56 Å². The molecular formula is C14H16O2. The van der Waals surface area contributed by atoms with Crippen molar-refractivity contribution in [2.75, 3.05) is 6.61 Å². The lowest BCUT2D eigenvalue weighted by molar-refractivity contribution is 0.157. The van der Waals surface area contributed by atoms with Crippen molar-refractivity contribution in [3.63, 3.8) is 0 Å². The molecule has 3 rings (SSSR count). The summed E-state index contributed by atoms with van der Waals surface area (Å²) in [5.41, 5.74) is 2.35. The summed E-state index contributed by atoms with van der Waals surface area (Å²) in [7, 11) is 0. The minimum Gasteiger partial charge on any atom is -0.493 e. The molecule has 1 heterocycles. The van der Waals surface area contributed by atoms with Gasteiger partial charge in [0.2, 0.25) is 0 Å². The molecule has 0 aromatic heterocycles. The topological polar surface area (TPSA) is 29.5 Å². The maximum Gasteiger partial charge on any atom is 0.123 e. The number of benzene rings is 1. The number of ether oxygens (including phenoxy) is 1. The van der Waals surface area contributed by atoms with Crippen molar-refractivity contribution < 1.29 is 9.84 Å². The molecule has 2 atom stereocenters. The number of rotatable bonds is 2. The van der Waals surface area contributed by atoms with Gasteiger partial charge in [-0.15, -0.1) is 0 Å². The molecule has 16 heavy (non-hydrogen) atoms. The molecule has 1 N–H and O–H groups in total. The van der Waals surface area contributed by atoms with Gasteiger partial charge < -0.3 is 9.84 Å². The van der Waals surface area contributed by atoms with Gasteiger partial charge in [-0.1, -0.05) is 24.3 Å². The summed E-state index contributed by atoms with van der Waals surface area (Å²) >= 11 is 0. The van der Waals surface area contributed by atoms with Crippen LogP contribution in [-0.4, -0.2) is 17.8 Å². The molecule has 2 heteroatoms. The Kier molecular flexibility index (Phi) is 2.44. The van der Waals surface area contributed by atoms with Gasteiger partial charge in [-0.05, 0) is 30.9 Å². The fourth-order valence-electron chi connectivity index (χ4n) is 2.67. The largest absolute Gasteiger partial charge is 0.493 e. The van der Waals surface area contributed by atoms with Crippen LogP contribution in [0, 0.1) is 0 Å². The van der Waals surface area contributed by atoms with Gasteiger partial charge in [-0.2, -0.15) is 0 Å². The second-order valence-corrected chi connectivity index (χ2v) is 4.57. The molecule has 0 amide bonds. The van der Waals surface area contributed by atoms with Gasteiger partial charge in [-0.3, -0.25) is 0 Å². The normalized spacial score (nSPS) is 24.8. The molecule has 84 valence electrons. The number of aliphatic hydroxyl groups is 1. The van der Waals surface area contributed by atoms with Crippen molar-refractivity contribution >= 4 is 0 Å². The fourth-order valence-corrected chi connectivity index (χ4v) is 2.67. The molecule has 0 fully saturated rings. The molecule has 0 radical (unpaired) electrons. The minimum absolute atomic E-state index is 0.126. The van der Waals surface area contributed by atoms with Crippen molar-refractivity contribution in [3.05, 3.63) is 41.5 Å². The van der Waals surface area contributed by atoms with Crippen LogP contribution in [0.4, 0.5) is 0 Å². The smallest absolute Gasteiger partial charge is 0.123 e. The summed E-state index contributed by atoms with van der Waals surface area (Å²) in [5, 5.41) is 10.3. The number of hydrogen-bond acceptors (Lipinski definition) is 2. The molecular weight excluding hydrogens is 200 g/mol. The van der Waals surface area contributed by atoms with Gasteiger partial charge >= 0.3 is 0 Å². The van der Waals surface area contributed by atoms with E-state index in [-0.39, 0.29) is 12.0 Å². The summed E-state index contributed by atoms with van der Waals surface area (Å²) in [6, 6.07) is 8.02. The Morgan fingerprint density at radius 1 is 1.31 bits per heavy atom. The van der Waals surface area contributed by atoms with E-state index in [1.54, 1.807) is 0 Å². The van der Waals surface area contributed by atoms with E-state index in [4.69, 9.17) is 4.74 Å². The van der Waals surface area contributed by atoms with E-state index < -0.39 is 0 Å². The van der Waals surface area contributed by atoms with Crippen molar-refractivity contribution in [3.8, 4) is 5.75 Å². The molecule has 1 aliphatic carbocycles. The molecule has 0 bridgehead atoms. The summed E-state index contributed by atoms with van der Waals surface area (Å²) in [5.74, 6) is 1.06. The maximum absolute atomic E-state index is 10.3. The summed E-state index contributed by atoms with van der Waals surface area (Å²) in [4.78, 5) is 0. The van der Waals surface area contributed by atoms with Crippen LogP contribution in [0.2, 0.25) is 0 Å². The van der Waals surface area contributed by atoms with Gasteiger partial charge in [-0.25, -0.2) is 0 Å². The zero-order valence-corrected chi connectivity index (χ0v) is 9.23. The van der Waals surface area contributed by atoms with Gasteiger partial charge in [0.25, 0.3) is 0 Å². The zero-order valence-electron chi connectivity index (χ0n) is 9.23. The molecule has 0 saturated carbocycles. The predicted octanol–water partition coefficient (Wildman–Crippen LogP) is 2.63. The minimum atomic E-state index is -0.355. The van der Waals surface area contributed by atoms with Crippen LogP contribution in [0.3, 0.4) is 0 Å². The Hall–Kier alpha value is -1.28. The third kappa shape index (κ3) is 1.54. The van der Waals surface area contributed by atoms with Crippen LogP contribution < -0.4 is 4.74 Å². The van der Waals surface area contributed by atoms with E-state index in [1.807, 2.05) is 18.2 Å². The number of aliphatic hydroxyl groups excluding tert-OH is 1. The standard InChI is InChI=1S/C14H16O2/c15-14(10-5-1-2-6-10)12-9-16-13-8-4-3-7-11(12)13/h3-5,7-8,12,14-15H,1-2,6,9H2. The van der Waals surface area contributed by atoms with E-state index in [1.165, 1.54) is 12.0 Å². The molecule has 1 aromatic carbocycles.